The third-order valence-corrected chi connectivity index (χ3v) is 3.66. The zero-order valence-corrected chi connectivity index (χ0v) is 11.1. The van der Waals surface area contributed by atoms with E-state index in [4.69, 9.17) is 14.2 Å². The fourth-order valence-electron chi connectivity index (χ4n) is 2.55. The summed E-state index contributed by atoms with van der Waals surface area (Å²) in [6.07, 6.45) is 4.22. The molecule has 2 heterocycles. The number of ether oxygens (including phenoxy) is 3. The molecule has 0 N–H and O–H groups in total. The number of methoxy groups -OCH3 is 1. The average molecular weight is 257 g/mol. The van der Waals surface area contributed by atoms with Gasteiger partial charge in [0.05, 0.1) is 19.6 Å². The van der Waals surface area contributed by atoms with Gasteiger partial charge < -0.3 is 19.1 Å². The van der Waals surface area contributed by atoms with E-state index < -0.39 is 0 Å². The highest BCUT2D eigenvalue weighted by Crippen LogP contribution is 2.18. The normalized spacial score (nSPS) is 29.4. The zero-order chi connectivity index (χ0) is 12.8. The molecule has 2 rings (SSSR count). The van der Waals surface area contributed by atoms with Gasteiger partial charge in [-0.15, -0.1) is 0 Å². The van der Waals surface area contributed by atoms with Crippen LogP contribution >= 0.6 is 0 Å². The third kappa shape index (κ3) is 3.93. The highest BCUT2D eigenvalue weighted by atomic mass is 16.7. The fraction of sp³-hybridized carbons (Fsp3) is 0.923. The van der Waals surface area contributed by atoms with Crippen LogP contribution in [0.3, 0.4) is 0 Å². The van der Waals surface area contributed by atoms with Crippen LogP contribution in [0.15, 0.2) is 0 Å². The van der Waals surface area contributed by atoms with Crippen molar-refractivity contribution in [3.8, 4) is 0 Å². The van der Waals surface area contributed by atoms with Crippen molar-refractivity contribution in [2.75, 3.05) is 40.0 Å². The van der Waals surface area contributed by atoms with Crippen molar-refractivity contribution in [1.82, 2.24) is 4.90 Å². The van der Waals surface area contributed by atoms with Gasteiger partial charge in [0.25, 0.3) is 0 Å². The maximum absolute atomic E-state index is 11.4. The summed E-state index contributed by atoms with van der Waals surface area (Å²) in [5, 5.41) is 0. The van der Waals surface area contributed by atoms with Gasteiger partial charge in [-0.3, -0.25) is 4.79 Å². The first-order valence-corrected chi connectivity index (χ1v) is 6.83. The molecule has 2 fully saturated rings. The Bertz CT molecular complexity index is 266. The maximum Gasteiger partial charge on any atom is 0.310 e. The van der Waals surface area contributed by atoms with E-state index in [1.165, 1.54) is 13.5 Å². The van der Waals surface area contributed by atoms with Gasteiger partial charge in [0.2, 0.25) is 0 Å². The summed E-state index contributed by atoms with van der Waals surface area (Å²) >= 11 is 0. The Balaban J connectivity index is 1.58. The second kappa shape index (κ2) is 7.07. The molecule has 0 aliphatic carbocycles. The highest BCUT2D eigenvalue weighted by molar-refractivity contribution is 5.72. The van der Waals surface area contributed by atoms with Crippen LogP contribution in [0.5, 0.6) is 0 Å². The molecule has 2 atom stereocenters. The van der Waals surface area contributed by atoms with Crippen molar-refractivity contribution in [1.29, 1.82) is 0 Å². The minimum atomic E-state index is -0.0889. The lowest BCUT2D eigenvalue weighted by molar-refractivity contribution is -0.164. The van der Waals surface area contributed by atoms with Gasteiger partial charge in [0.15, 0.2) is 6.29 Å². The molecule has 2 saturated heterocycles. The smallest absolute Gasteiger partial charge is 0.310 e. The quantitative estimate of drug-likeness (QED) is 0.688. The molecule has 5 heteroatoms. The molecule has 2 aliphatic rings. The molecule has 0 spiro atoms. The molecule has 18 heavy (non-hydrogen) atoms. The predicted octanol–water partition coefficient (Wildman–Crippen LogP) is 1.02. The second-order valence-corrected chi connectivity index (χ2v) is 4.98. The van der Waals surface area contributed by atoms with Gasteiger partial charge in [-0.05, 0) is 32.2 Å². The van der Waals surface area contributed by atoms with Crippen LogP contribution in [0, 0.1) is 5.92 Å². The molecule has 5 nitrogen and oxygen atoms in total. The molecule has 104 valence electrons. The molecular weight excluding hydrogens is 234 g/mol. The first-order valence-electron chi connectivity index (χ1n) is 6.83. The number of esters is 1. The topological polar surface area (TPSA) is 48.0 Å². The van der Waals surface area contributed by atoms with Crippen molar-refractivity contribution >= 4 is 5.97 Å². The molecule has 0 bridgehead atoms. The summed E-state index contributed by atoms with van der Waals surface area (Å²) in [4.78, 5) is 13.6. The van der Waals surface area contributed by atoms with Gasteiger partial charge in [0, 0.05) is 19.7 Å². The molecule has 0 aromatic carbocycles. The van der Waals surface area contributed by atoms with Crippen LogP contribution in [0.4, 0.5) is 0 Å². The minimum Gasteiger partial charge on any atom is -0.469 e. The first-order chi connectivity index (χ1) is 8.79. The summed E-state index contributed by atoms with van der Waals surface area (Å²) in [5.41, 5.74) is 0. The van der Waals surface area contributed by atoms with E-state index >= 15 is 0 Å². The van der Waals surface area contributed by atoms with E-state index in [2.05, 4.69) is 4.90 Å². The number of hydrogen-bond donors (Lipinski definition) is 0. The van der Waals surface area contributed by atoms with E-state index in [0.717, 1.165) is 45.5 Å². The van der Waals surface area contributed by atoms with Crippen molar-refractivity contribution < 1.29 is 19.0 Å². The lowest BCUT2D eigenvalue weighted by Gasteiger charge is -2.24. The van der Waals surface area contributed by atoms with E-state index in [0.29, 0.717) is 6.61 Å². The molecule has 0 aromatic rings. The molecule has 0 radical (unpaired) electrons. The van der Waals surface area contributed by atoms with Gasteiger partial charge in [-0.25, -0.2) is 0 Å². The maximum atomic E-state index is 11.4. The van der Waals surface area contributed by atoms with Crippen LogP contribution < -0.4 is 0 Å². The Morgan fingerprint density at radius 3 is 3.00 bits per heavy atom. The molecule has 0 amide bonds. The number of likely N-dealkylation sites (tertiary alicyclic amines) is 1. The van der Waals surface area contributed by atoms with E-state index in [1.807, 2.05) is 0 Å². The Labute approximate surface area is 108 Å². The predicted molar refractivity (Wildman–Crippen MR) is 66.1 cm³/mol. The third-order valence-electron chi connectivity index (χ3n) is 3.66. The number of hydrogen-bond acceptors (Lipinski definition) is 5. The van der Waals surface area contributed by atoms with Crippen molar-refractivity contribution in [2.45, 2.75) is 32.0 Å². The number of carbonyl (C=O) groups is 1. The van der Waals surface area contributed by atoms with Crippen LogP contribution in [-0.2, 0) is 19.0 Å². The Morgan fingerprint density at radius 2 is 2.28 bits per heavy atom. The summed E-state index contributed by atoms with van der Waals surface area (Å²) in [7, 11) is 1.45. The van der Waals surface area contributed by atoms with E-state index in [-0.39, 0.29) is 18.2 Å². The lowest BCUT2D eigenvalue weighted by atomic mass is 10.1. The summed E-state index contributed by atoms with van der Waals surface area (Å²) in [6, 6.07) is 0. The monoisotopic (exact) mass is 257 g/mol. The number of carbonyl (C=O) groups excluding carboxylic acids is 1. The molecule has 0 saturated carbocycles. The molecule has 2 unspecified atom stereocenters. The zero-order valence-electron chi connectivity index (χ0n) is 11.1. The molecular formula is C13H23NO4. The van der Waals surface area contributed by atoms with Crippen LogP contribution in [0.2, 0.25) is 0 Å². The molecule has 0 aromatic heterocycles. The highest BCUT2D eigenvalue weighted by Gasteiger charge is 2.28. The first kappa shape index (κ1) is 13.8. The van der Waals surface area contributed by atoms with E-state index in [9.17, 15) is 4.79 Å². The van der Waals surface area contributed by atoms with Crippen LogP contribution in [-0.4, -0.2) is 57.1 Å². The standard InChI is InChI=1S/C13H23NO4/c1-16-13(15)11-5-6-14(10-11)7-9-18-12-4-2-3-8-17-12/h11-12H,2-10H2,1H3. The van der Waals surface area contributed by atoms with Crippen molar-refractivity contribution in [3.05, 3.63) is 0 Å². The Kier molecular flexibility index (Phi) is 5.41. The number of nitrogens with zero attached hydrogens (tertiary/aromatic N) is 1. The minimum absolute atomic E-state index is 0.0160. The second-order valence-electron chi connectivity index (χ2n) is 4.98. The SMILES string of the molecule is COC(=O)C1CCN(CCOC2CCCCO2)C1. The van der Waals surface area contributed by atoms with Crippen LogP contribution in [0.1, 0.15) is 25.7 Å². The largest absolute Gasteiger partial charge is 0.469 e. The summed E-state index contributed by atoms with van der Waals surface area (Å²) in [5.74, 6) is -0.0463. The fourth-order valence-corrected chi connectivity index (χ4v) is 2.55. The van der Waals surface area contributed by atoms with Gasteiger partial charge in [-0.2, -0.15) is 0 Å². The average Bonchev–Trinajstić information content (AvgIpc) is 2.88. The summed E-state index contributed by atoms with van der Waals surface area (Å²) in [6.45, 7) is 4.11. The Morgan fingerprint density at radius 1 is 1.39 bits per heavy atom. The van der Waals surface area contributed by atoms with Gasteiger partial charge >= 0.3 is 5.97 Å². The van der Waals surface area contributed by atoms with Gasteiger partial charge in [-0.1, -0.05) is 0 Å². The van der Waals surface area contributed by atoms with Crippen molar-refractivity contribution in [3.63, 3.8) is 0 Å². The Hall–Kier alpha value is -0.650. The van der Waals surface area contributed by atoms with Crippen LogP contribution in [0.25, 0.3) is 0 Å². The molecule has 2 aliphatic heterocycles. The van der Waals surface area contributed by atoms with Gasteiger partial charge in [0.1, 0.15) is 0 Å². The van der Waals surface area contributed by atoms with E-state index in [1.54, 1.807) is 0 Å². The lowest BCUT2D eigenvalue weighted by Crippen LogP contribution is -2.30. The van der Waals surface area contributed by atoms with Crippen molar-refractivity contribution in [2.24, 2.45) is 5.92 Å². The summed E-state index contributed by atoms with van der Waals surface area (Å²) < 4.78 is 16.0. The number of rotatable bonds is 5.